The summed E-state index contributed by atoms with van der Waals surface area (Å²) in [6, 6.07) is 12.1. The van der Waals surface area contributed by atoms with Gasteiger partial charge in [-0.15, -0.1) is 22.7 Å². The topological polar surface area (TPSA) is 44.0 Å². The van der Waals surface area contributed by atoms with Crippen LogP contribution in [0.5, 0.6) is 0 Å². The number of fused-ring (bicyclic) bond motifs is 1. The molecule has 252 valence electrons. The average molecular weight is 663 g/mol. The molecule has 0 atom stereocenters. The molecule has 4 heterocycles. The molecule has 6 heteroatoms. The van der Waals surface area contributed by atoms with E-state index in [4.69, 9.17) is 0 Å². The van der Waals surface area contributed by atoms with Crippen LogP contribution in [0, 0.1) is 0 Å². The minimum atomic E-state index is 0.0622. The number of unbranched alkanes of at least 4 members (excludes halogenated alkanes) is 18. The Morgan fingerprint density at radius 2 is 0.804 bits per heavy atom. The highest BCUT2D eigenvalue weighted by Gasteiger charge is 2.18. The highest BCUT2D eigenvalue weighted by molar-refractivity contribution is 7.13. The Kier molecular flexibility index (Phi) is 16.4. The third-order valence-corrected chi connectivity index (χ3v) is 11.2. The number of thiophene rings is 2. The highest BCUT2D eigenvalue weighted by Crippen LogP contribution is 2.29. The Morgan fingerprint density at radius 1 is 0.478 bits per heavy atom. The predicted octanol–water partition coefficient (Wildman–Crippen LogP) is 12.5. The van der Waals surface area contributed by atoms with E-state index in [0.29, 0.717) is 13.1 Å². The van der Waals surface area contributed by atoms with E-state index in [2.05, 4.69) is 13.8 Å². The van der Waals surface area contributed by atoms with E-state index in [9.17, 15) is 9.59 Å². The third kappa shape index (κ3) is 10.8. The number of hydrogen-bond acceptors (Lipinski definition) is 4. The van der Waals surface area contributed by atoms with Crippen molar-refractivity contribution in [2.75, 3.05) is 0 Å². The summed E-state index contributed by atoms with van der Waals surface area (Å²) in [6.07, 6.45) is 25.3. The largest absolute Gasteiger partial charge is 0.306 e. The van der Waals surface area contributed by atoms with Crippen LogP contribution in [0.15, 0.2) is 56.7 Å². The van der Waals surface area contributed by atoms with Gasteiger partial charge in [0.15, 0.2) is 0 Å². The van der Waals surface area contributed by atoms with Gasteiger partial charge in [-0.05, 0) is 47.9 Å². The van der Waals surface area contributed by atoms with E-state index in [-0.39, 0.29) is 11.1 Å². The number of hydrogen-bond donors (Lipinski definition) is 0. The number of rotatable bonds is 24. The monoisotopic (exact) mass is 662 g/mol. The number of nitrogens with zero attached hydrogens (tertiary/aromatic N) is 2. The van der Waals surface area contributed by atoms with Gasteiger partial charge in [0.2, 0.25) is 0 Å². The van der Waals surface area contributed by atoms with Gasteiger partial charge >= 0.3 is 0 Å². The first-order valence-corrected chi connectivity index (χ1v) is 20.3. The normalized spacial score (nSPS) is 11.6. The molecule has 0 amide bonds. The first kappa shape index (κ1) is 36.4. The van der Waals surface area contributed by atoms with Crippen molar-refractivity contribution >= 4 is 33.7 Å². The first-order valence-electron chi connectivity index (χ1n) is 18.5. The summed E-state index contributed by atoms with van der Waals surface area (Å²) in [6.45, 7) is 5.91. The molecule has 4 nitrogen and oxygen atoms in total. The fraction of sp³-hybridized carbons (Fsp3) is 0.600. The second-order valence-corrected chi connectivity index (χ2v) is 15.0. The number of pyridine rings is 2. The van der Waals surface area contributed by atoms with Crippen molar-refractivity contribution in [3.05, 3.63) is 67.9 Å². The smallest absolute Gasteiger partial charge is 0.259 e. The van der Waals surface area contributed by atoms with Gasteiger partial charge < -0.3 is 9.13 Å². The van der Waals surface area contributed by atoms with Crippen LogP contribution in [0.2, 0.25) is 0 Å². The lowest BCUT2D eigenvalue weighted by Gasteiger charge is -2.18. The van der Waals surface area contributed by atoms with E-state index < -0.39 is 0 Å². The lowest BCUT2D eigenvalue weighted by molar-refractivity contribution is 0.531. The summed E-state index contributed by atoms with van der Waals surface area (Å²) >= 11 is 3.20. The first-order chi connectivity index (χ1) is 22.7. The Balaban J connectivity index is 1.53. The second kappa shape index (κ2) is 20.7. The minimum Gasteiger partial charge on any atom is -0.306 e. The van der Waals surface area contributed by atoms with Gasteiger partial charge in [0, 0.05) is 22.8 Å². The van der Waals surface area contributed by atoms with E-state index in [1.807, 2.05) is 56.3 Å². The highest BCUT2D eigenvalue weighted by atomic mass is 32.1. The Hall–Kier alpha value is -2.44. The maximum absolute atomic E-state index is 14.1. The molecule has 0 saturated carbocycles. The van der Waals surface area contributed by atoms with Crippen molar-refractivity contribution in [1.82, 2.24) is 9.13 Å². The summed E-state index contributed by atoms with van der Waals surface area (Å²) in [5.41, 5.74) is 3.36. The van der Waals surface area contributed by atoms with Crippen LogP contribution >= 0.6 is 22.7 Å². The van der Waals surface area contributed by atoms with Gasteiger partial charge in [0.05, 0.1) is 22.2 Å². The lowest BCUT2D eigenvalue weighted by atomic mass is 10.1. The zero-order valence-electron chi connectivity index (χ0n) is 28.7. The molecule has 46 heavy (non-hydrogen) atoms. The number of aryl methyl sites for hydroxylation is 2. The summed E-state index contributed by atoms with van der Waals surface area (Å²) < 4.78 is 3.97. The van der Waals surface area contributed by atoms with Crippen molar-refractivity contribution in [2.45, 2.75) is 155 Å². The van der Waals surface area contributed by atoms with E-state index >= 15 is 0 Å². The molecule has 0 saturated heterocycles. The molecule has 0 bridgehead atoms. The molecule has 4 aromatic heterocycles. The molecular weight excluding hydrogens is 605 g/mol. The van der Waals surface area contributed by atoms with Crippen LogP contribution in [0.4, 0.5) is 0 Å². The zero-order chi connectivity index (χ0) is 32.4. The Morgan fingerprint density at radius 3 is 1.11 bits per heavy atom. The van der Waals surface area contributed by atoms with E-state index in [1.165, 1.54) is 103 Å². The molecule has 0 fully saturated rings. The van der Waals surface area contributed by atoms with Crippen LogP contribution in [-0.2, 0) is 13.1 Å². The maximum Gasteiger partial charge on any atom is 0.259 e. The molecule has 0 aliphatic heterocycles. The molecule has 0 aromatic carbocycles. The average Bonchev–Trinajstić information content (AvgIpc) is 3.80. The SMILES string of the molecule is CCCCCCCCCCCCn1c(=O)c(-c2cccs2)cc2c1cc(-c1cccs1)c(=O)n2CCCCCCCCCCCC. The molecular formula is C40H58N2O2S2. The molecule has 0 aliphatic rings. The molecule has 0 aliphatic carbocycles. The fourth-order valence-corrected chi connectivity index (χ4v) is 8.13. The van der Waals surface area contributed by atoms with Gasteiger partial charge in [-0.2, -0.15) is 0 Å². The van der Waals surface area contributed by atoms with Crippen molar-refractivity contribution in [1.29, 1.82) is 0 Å². The van der Waals surface area contributed by atoms with E-state index in [1.54, 1.807) is 22.7 Å². The fourth-order valence-electron chi connectivity index (χ4n) is 6.66. The Labute approximate surface area is 285 Å². The van der Waals surface area contributed by atoms with Crippen LogP contribution in [0.3, 0.4) is 0 Å². The lowest BCUT2D eigenvalue weighted by Crippen LogP contribution is -2.28. The van der Waals surface area contributed by atoms with Crippen LogP contribution in [0.1, 0.15) is 142 Å². The van der Waals surface area contributed by atoms with Crippen molar-refractivity contribution in [2.24, 2.45) is 0 Å². The van der Waals surface area contributed by atoms with Crippen molar-refractivity contribution in [3.63, 3.8) is 0 Å². The summed E-state index contributed by atoms with van der Waals surface area (Å²) in [4.78, 5) is 30.1. The van der Waals surface area contributed by atoms with Crippen LogP contribution in [0.25, 0.3) is 31.9 Å². The van der Waals surface area contributed by atoms with Crippen molar-refractivity contribution in [3.8, 4) is 20.9 Å². The van der Waals surface area contributed by atoms with Crippen molar-refractivity contribution < 1.29 is 0 Å². The third-order valence-electron chi connectivity index (χ3n) is 9.40. The zero-order valence-corrected chi connectivity index (χ0v) is 30.3. The minimum absolute atomic E-state index is 0.0622. The van der Waals surface area contributed by atoms with E-state index in [0.717, 1.165) is 57.6 Å². The molecule has 4 aromatic rings. The van der Waals surface area contributed by atoms with Crippen LogP contribution in [-0.4, -0.2) is 9.13 Å². The Bertz CT molecular complexity index is 1400. The molecule has 0 spiro atoms. The van der Waals surface area contributed by atoms with Crippen LogP contribution < -0.4 is 11.1 Å². The van der Waals surface area contributed by atoms with Gasteiger partial charge in [-0.3, -0.25) is 9.59 Å². The molecule has 4 rings (SSSR count). The maximum atomic E-state index is 14.1. The summed E-state index contributed by atoms with van der Waals surface area (Å²) in [5.74, 6) is 0. The van der Waals surface area contributed by atoms with Gasteiger partial charge in [-0.25, -0.2) is 0 Å². The summed E-state index contributed by atoms with van der Waals surface area (Å²) in [7, 11) is 0. The molecule has 0 radical (unpaired) electrons. The predicted molar refractivity (Wildman–Crippen MR) is 203 cm³/mol. The number of aromatic nitrogens is 2. The quantitative estimate of drug-likeness (QED) is 0.0701. The molecule has 0 unspecified atom stereocenters. The standard InChI is InChI=1S/C40H58N2O2S2/c1-3-5-7-9-11-13-15-17-19-21-27-41-35-31-34(38-26-24-30-46-38)40(44)42(28-22-20-18-16-14-12-10-8-6-4-2)36(35)32-33(39(41)43)37-25-23-29-45-37/h23-26,29-32H,3-22,27-28H2,1-2H3. The molecule has 0 N–H and O–H groups in total. The second-order valence-electron chi connectivity index (χ2n) is 13.1. The van der Waals surface area contributed by atoms with Gasteiger partial charge in [0.1, 0.15) is 0 Å². The van der Waals surface area contributed by atoms with Gasteiger partial charge in [0.25, 0.3) is 11.1 Å². The van der Waals surface area contributed by atoms with Gasteiger partial charge in [-0.1, -0.05) is 142 Å². The summed E-state index contributed by atoms with van der Waals surface area (Å²) in [5, 5.41) is 4.06.